The van der Waals surface area contributed by atoms with Crippen molar-refractivity contribution in [1.29, 1.82) is 0 Å². The summed E-state index contributed by atoms with van der Waals surface area (Å²) in [7, 11) is 1.40. The molecule has 0 bridgehead atoms. The molecule has 1 aliphatic heterocycles. The van der Waals surface area contributed by atoms with E-state index in [2.05, 4.69) is 26.8 Å². The first-order valence-electron chi connectivity index (χ1n) is 12.0. The molecule has 1 aliphatic rings. The molecule has 208 valence electrons. The van der Waals surface area contributed by atoms with E-state index in [1.54, 1.807) is 0 Å². The Balaban J connectivity index is 1.43. The van der Waals surface area contributed by atoms with Crippen LogP contribution in [0.1, 0.15) is 41.8 Å². The van der Waals surface area contributed by atoms with Gasteiger partial charge in [-0.05, 0) is 31.0 Å². The quantitative estimate of drug-likeness (QED) is 0.357. The number of para-hydroxylation sites is 1. The first-order valence-corrected chi connectivity index (χ1v) is 12.0. The van der Waals surface area contributed by atoms with Gasteiger partial charge in [-0.2, -0.15) is 18.2 Å². The number of anilines is 1. The van der Waals surface area contributed by atoms with E-state index >= 15 is 0 Å². The number of alkyl halides is 3. The van der Waals surface area contributed by atoms with E-state index in [1.165, 1.54) is 25.4 Å². The van der Waals surface area contributed by atoms with E-state index < -0.39 is 29.6 Å². The monoisotopic (exact) mass is 551 g/mol. The van der Waals surface area contributed by atoms with Gasteiger partial charge in [0.2, 0.25) is 5.88 Å². The van der Waals surface area contributed by atoms with Crippen molar-refractivity contribution in [3.05, 3.63) is 83.6 Å². The molecule has 0 radical (unpaired) electrons. The van der Waals surface area contributed by atoms with Gasteiger partial charge in [0.25, 0.3) is 0 Å². The molecule has 1 aromatic carbocycles. The fourth-order valence-corrected chi connectivity index (χ4v) is 4.24. The number of nitrogens with one attached hydrogen (secondary N) is 1. The van der Waals surface area contributed by atoms with Crippen molar-refractivity contribution in [2.24, 2.45) is 0 Å². The number of pyridine rings is 1. The number of hydrogen-bond acceptors (Lipinski definition) is 8. The van der Waals surface area contributed by atoms with Crippen LogP contribution in [0.3, 0.4) is 0 Å². The average molecular weight is 552 g/mol. The third-order valence-electron chi connectivity index (χ3n) is 6.27. The fourth-order valence-electron chi connectivity index (χ4n) is 4.24. The number of aromatic nitrogens is 3. The molecule has 2 aromatic heterocycles. The van der Waals surface area contributed by atoms with Crippen LogP contribution < -0.4 is 14.8 Å². The third kappa shape index (κ3) is 6.72. The van der Waals surface area contributed by atoms with Crippen LogP contribution in [0.4, 0.5) is 27.6 Å². The normalized spacial score (nSPS) is 15.1. The summed E-state index contributed by atoms with van der Waals surface area (Å²) in [5.74, 6) is -1.57. The van der Waals surface area contributed by atoms with Gasteiger partial charge in [0.05, 0.1) is 18.6 Å². The zero-order valence-corrected chi connectivity index (χ0v) is 20.9. The number of rotatable bonds is 9. The topological polar surface area (TPSA) is 92.6 Å². The van der Waals surface area contributed by atoms with Gasteiger partial charge in [-0.15, -0.1) is 0 Å². The number of aliphatic hydroxyl groups is 1. The molecule has 39 heavy (non-hydrogen) atoms. The van der Waals surface area contributed by atoms with Crippen LogP contribution in [-0.4, -0.2) is 51.8 Å². The number of ether oxygens (including phenoxy) is 2. The van der Waals surface area contributed by atoms with E-state index in [1.807, 2.05) is 4.90 Å². The standard InChI is InChI=1S/C26H26F5N5O3/c1-15(33-24-18(27)5-3-6-19(24)28)36-11-9-16(10-12-36)23-17(13-32-25(35-23)38-2)20(37)14-39-22-8-4-7-21(34-22)26(29,30)31/h3-8,13,16,20,33,37H,1,9-12,14H2,2H3. The largest absolute Gasteiger partial charge is 0.475 e. The van der Waals surface area contributed by atoms with Gasteiger partial charge >= 0.3 is 12.2 Å². The second kappa shape index (κ2) is 11.8. The summed E-state index contributed by atoms with van der Waals surface area (Å²) < 4.78 is 77.4. The Morgan fingerprint density at radius 3 is 2.44 bits per heavy atom. The maximum absolute atomic E-state index is 14.0. The maximum Gasteiger partial charge on any atom is 0.433 e. The molecule has 1 atom stereocenters. The SMILES string of the molecule is C=C(Nc1c(F)cccc1F)N1CCC(c2nc(OC)ncc2C(O)COc2cccc(C(F)(F)F)n2)CC1. The highest BCUT2D eigenvalue weighted by Crippen LogP contribution is 2.34. The molecule has 0 aliphatic carbocycles. The number of likely N-dealkylation sites (tertiary alicyclic amines) is 1. The lowest BCUT2D eigenvalue weighted by atomic mass is 9.89. The van der Waals surface area contributed by atoms with Crippen LogP contribution in [0.25, 0.3) is 0 Å². The van der Waals surface area contributed by atoms with Crippen molar-refractivity contribution in [1.82, 2.24) is 19.9 Å². The summed E-state index contributed by atoms with van der Waals surface area (Å²) in [4.78, 5) is 13.8. The predicted octanol–water partition coefficient (Wildman–Crippen LogP) is 5.05. The number of nitrogens with zero attached hydrogens (tertiary/aromatic N) is 4. The zero-order chi connectivity index (χ0) is 28.2. The Kier molecular flexibility index (Phi) is 8.48. The molecule has 4 rings (SSSR count). The Morgan fingerprint density at radius 1 is 1.13 bits per heavy atom. The van der Waals surface area contributed by atoms with E-state index in [9.17, 15) is 27.1 Å². The number of hydrogen-bond donors (Lipinski definition) is 2. The lowest BCUT2D eigenvalue weighted by Gasteiger charge is -2.35. The number of piperidine rings is 1. The van der Waals surface area contributed by atoms with Crippen molar-refractivity contribution in [2.45, 2.75) is 31.0 Å². The first kappa shape index (κ1) is 28.0. The molecule has 1 saturated heterocycles. The van der Waals surface area contributed by atoms with Crippen LogP contribution in [-0.2, 0) is 6.18 Å². The molecule has 8 nitrogen and oxygen atoms in total. The van der Waals surface area contributed by atoms with Gasteiger partial charge in [0, 0.05) is 36.8 Å². The Labute approximate surface area is 221 Å². The summed E-state index contributed by atoms with van der Waals surface area (Å²) in [6, 6.07) is 6.90. The van der Waals surface area contributed by atoms with Gasteiger partial charge in [0.1, 0.15) is 35.7 Å². The van der Waals surface area contributed by atoms with Crippen molar-refractivity contribution in [3.63, 3.8) is 0 Å². The van der Waals surface area contributed by atoms with E-state index in [-0.39, 0.29) is 30.1 Å². The molecular formula is C26H26F5N5O3. The summed E-state index contributed by atoms with van der Waals surface area (Å²) >= 11 is 0. The number of benzene rings is 1. The molecule has 3 heterocycles. The van der Waals surface area contributed by atoms with Crippen molar-refractivity contribution < 1.29 is 36.5 Å². The van der Waals surface area contributed by atoms with Crippen molar-refractivity contribution >= 4 is 5.69 Å². The van der Waals surface area contributed by atoms with Crippen molar-refractivity contribution in [3.8, 4) is 11.9 Å². The Bertz CT molecular complexity index is 1300. The predicted molar refractivity (Wildman–Crippen MR) is 131 cm³/mol. The lowest BCUT2D eigenvalue weighted by molar-refractivity contribution is -0.141. The minimum Gasteiger partial charge on any atom is -0.475 e. The molecule has 1 unspecified atom stereocenters. The van der Waals surface area contributed by atoms with Crippen molar-refractivity contribution in [2.75, 3.05) is 32.1 Å². The Hall–Kier alpha value is -4.00. The van der Waals surface area contributed by atoms with Crippen LogP contribution in [0, 0.1) is 11.6 Å². The minimum absolute atomic E-state index is 0.0879. The van der Waals surface area contributed by atoms with E-state index in [4.69, 9.17) is 9.47 Å². The second-order valence-electron chi connectivity index (χ2n) is 8.81. The van der Waals surface area contributed by atoms with Crippen LogP contribution >= 0.6 is 0 Å². The highest BCUT2D eigenvalue weighted by molar-refractivity contribution is 5.50. The van der Waals surface area contributed by atoms with E-state index in [0.717, 1.165) is 24.3 Å². The molecule has 3 aromatic rings. The number of methoxy groups -OCH3 is 1. The first-order chi connectivity index (χ1) is 18.6. The summed E-state index contributed by atoms with van der Waals surface area (Å²) in [5.41, 5.74) is -0.547. The lowest BCUT2D eigenvalue weighted by Crippen LogP contribution is -2.35. The van der Waals surface area contributed by atoms with Gasteiger partial charge in [-0.3, -0.25) is 0 Å². The summed E-state index contributed by atoms with van der Waals surface area (Å²) in [5, 5.41) is 13.5. The summed E-state index contributed by atoms with van der Waals surface area (Å²) in [6.07, 6.45) is -3.40. The van der Waals surface area contributed by atoms with Crippen LogP contribution in [0.15, 0.2) is 55.0 Å². The zero-order valence-electron chi connectivity index (χ0n) is 20.9. The maximum atomic E-state index is 14.0. The van der Waals surface area contributed by atoms with Gasteiger partial charge in [-0.1, -0.05) is 18.7 Å². The Morgan fingerprint density at radius 2 is 1.79 bits per heavy atom. The smallest absolute Gasteiger partial charge is 0.433 e. The molecule has 1 fully saturated rings. The van der Waals surface area contributed by atoms with Crippen LogP contribution in [0.5, 0.6) is 11.9 Å². The number of aliphatic hydroxyl groups excluding tert-OH is 1. The van der Waals surface area contributed by atoms with Crippen LogP contribution in [0.2, 0.25) is 0 Å². The van der Waals surface area contributed by atoms with E-state index in [0.29, 0.717) is 43.0 Å². The molecule has 13 heteroatoms. The molecule has 0 amide bonds. The molecular weight excluding hydrogens is 525 g/mol. The van der Waals surface area contributed by atoms with Gasteiger partial charge in [-0.25, -0.2) is 18.7 Å². The molecule has 2 N–H and O–H groups in total. The van der Waals surface area contributed by atoms with Gasteiger partial charge < -0.3 is 24.8 Å². The van der Waals surface area contributed by atoms with Gasteiger partial charge in [0.15, 0.2) is 0 Å². The fraction of sp³-hybridized carbons (Fsp3) is 0.346. The number of halogens is 5. The summed E-state index contributed by atoms with van der Waals surface area (Å²) in [6.45, 7) is 4.46. The average Bonchev–Trinajstić information content (AvgIpc) is 2.93. The second-order valence-corrected chi connectivity index (χ2v) is 8.81. The third-order valence-corrected chi connectivity index (χ3v) is 6.27. The highest BCUT2D eigenvalue weighted by Gasteiger charge is 2.33. The molecule has 0 saturated carbocycles. The molecule has 0 spiro atoms. The highest BCUT2D eigenvalue weighted by atomic mass is 19.4. The minimum atomic E-state index is -4.63.